The van der Waals surface area contributed by atoms with Crippen molar-refractivity contribution in [3.8, 4) is 0 Å². The molecule has 0 spiro atoms. The van der Waals surface area contributed by atoms with E-state index in [-0.39, 0.29) is 5.92 Å². The second-order valence-electron chi connectivity index (χ2n) is 10.00. The lowest BCUT2D eigenvalue weighted by Crippen LogP contribution is -2.53. The molecule has 3 fully saturated rings. The van der Waals surface area contributed by atoms with Crippen LogP contribution in [0.1, 0.15) is 39.0 Å². The predicted molar refractivity (Wildman–Crippen MR) is 127 cm³/mol. The minimum absolute atomic E-state index is 0.180. The number of alkyl halides is 1. The Morgan fingerprint density at radius 3 is 2.59 bits per heavy atom. The van der Waals surface area contributed by atoms with E-state index >= 15 is 0 Å². The second kappa shape index (κ2) is 8.46. The van der Waals surface area contributed by atoms with Gasteiger partial charge in [0.1, 0.15) is 23.6 Å². The number of anilines is 2. The highest BCUT2D eigenvalue weighted by atomic mass is 19.1. The maximum atomic E-state index is 13.9. The quantitative estimate of drug-likeness (QED) is 0.375. The van der Waals surface area contributed by atoms with E-state index in [2.05, 4.69) is 25.1 Å². The molecule has 172 valence electrons. The van der Waals surface area contributed by atoms with Crippen LogP contribution in [0.4, 0.5) is 15.9 Å². The largest absolute Gasteiger partial charge is 0.399 e. The van der Waals surface area contributed by atoms with E-state index < -0.39 is 5.67 Å². The van der Waals surface area contributed by atoms with Gasteiger partial charge in [-0.05, 0) is 63.1 Å². The zero-order chi connectivity index (χ0) is 22.3. The molecule has 2 unspecified atom stereocenters. The summed E-state index contributed by atoms with van der Waals surface area (Å²) in [5, 5.41) is 12.8. The molecule has 8 heteroatoms. The molecule has 5 rings (SSSR count). The van der Waals surface area contributed by atoms with Crippen LogP contribution in [0, 0.1) is 17.2 Å². The Kier molecular flexibility index (Phi) is 5.65. The summed E-state index contributed by atoms with van der Waals surface area (Å²) in [5.41, 5.74) is 6.44. The molecule has 3 aliphatic rings. The van der Waals surface area contributed by atoms with Crippen molar-refractivity contribution in [2.75, 3.05) is 43.8 Å². The first-order valence-corrected chi connectivity index (χ1v) is 11.9. The highest BCUT2D eigenvalue weighted by Gasteiger charge is 2.55. The van der Waals surface area contributed by atoms with Crippen molar-refractivity contribution in [2.45, 2.75) is 50.7 Å². The first kappa shape index (κ1) is 21.4. The van der Waals surface area contributed by atoms with Gasteiger partial charge in [-0.3, -0.25) is 10.3 Å². The predicted octanol–water partition coefficient (Wildman–Crippen LogP) is 3.53. The number of nitrogens with two attached hydrogens (primary N) is 1. The molecule has 2 aromatic rings. The summed E-state index contributed by atoms with van der Waals surface area (Å²) in [6.45, 7) is 6.23. The van der Waals surface area contributed by atoms with Gasteiger partial charge in [-0.25, -0.2) is 14.4 Å². The van der Waals surface area contributed by atoms with Crippen LogP contribution < -0.4 is 11.1 Å². The van der Waals surface area contributed by atoms with Gasteiger partial charge >= 0.3 is 0 Å². The third kappa shape index (κ3) is 4.37. The minimum atomic E-state index is -1.15. The fourth-order valence-corrected chi connectivity index (χ4v) is 5.44. The SMILES string of the molecule is CC1(F)CC1C(=N)N1CCN([C@H]2CC[C@H](CNc3ncnc4ccc(N)cc34)CC2)CC1. The molecule has 4 N–H and O–H groups in total. The molecule has 2 saturated carbocycles. The monoisotopic (exact) mass is 439 g/mol. The van der Waals surface area contributed by atoms with Crippen LogP contribution >= 0.6 is 0 Å². The van der Waals surface area contributed by atoms with Gasteiger partial charge in [-0.1, -0.05) is 0 Å². The van der Waals surface area contributed by atoms with Crippen molar-refractivity contribution in [3.63, 3.8) is 0 Å². The number of nitrogens with one attached hydrogen (secondary N) is 2. The lowest BCUT2D eigenvalue weighted by Gasteiger charge is -2.42. The first-order valence-electron chi connectivity index (χ1n) is 11.9. The van der Waals surface area contributed by atoms with Crippen LogP contribution in [0.5, 0.6) is 0 Å². The first-order chi connectivity index (χ1) is 15.4. The number of hydrogen-bond acceptors (Lipinski definition) is 6. The Morgan fingerprint density at radius 1 is 1.19 bits per heavy atom. The number of piperazine rings is 1. The molecule has 2 aliphatic carbocycles. The Balaban J connectivity index is 1.08. The second-order valence-corrected chi connectivity index (χ2v) is 10.00. The zero-order valence-electron chi connectivity index (χ0n) is 18.9. The van der Waals surface area contributed by atoms with E-state index in [0.29, 0.717) is 24.2 Å². The van der Waals surface area contributed by atoms with E-state index in [4.69, 9.17) is 11.1 Å². The summed E-state index contributed by atoms with van der Waals surface area (Å²) in [6, 6.07) is 6.37. The van der Waals surface area contributed by atoms with Gasteiger partial charge in [0.15, 0.2) is 0 Å². The zero-order valence-corrected chi connectivity index (χ0v) is 18.9. The Bertz CT molecular complexity index is 977. The topological polar surface area (TPSA) is 94.2 Å². The molecular formula is C24H34FN7. The van der Waals surface area contributed by atoms with Gasteiger partial charge in [0.2, 0.25) is 0 Å². The van der Waals surface area contributed by atoms with Gasteiger partial charge in [-0.15, -0.1) is 0 Å². The lowest BCUT2D eigenvalue weighted by atomic mass is 9.85. The highest BCUT2D eigenvalue weighted by molar-refractivity contribution is 5.91. The maximum absolute atomic E-state index is 13.9. The smallest absolute Gasteiger partial charge is 0.137 e. The van der Waals surface area contributed by atoms with Crippen LogP contribution in [0.2, 0.25) is 0 Å². The molecular weight excluding hydrogens is 405 g/mol. The van der Waals surface area contributed by atoms with Gasteiger partial charge in [0.25, 0.3) is 0 Å². The van der Waals surface area contributed by atoms with Crippen molar-refractivity contribution < 1.29 is 4.39 Å². The number of nitrogen functional groups attached to an aromatic ring is 1. The van der Waals surface area contributed by atoms with E-state index in [0.717, 1.165) is 55.1 Å². The number of benzene rings is 1. The number of amidine groups is 1. The van der Waals surface area contributed by atoms with Gasteiger partial charge < -0.3 is 16.0 Å². The number of nitrogens with zero attached hydrogens (tertiary/aromatic N) is 4. The highest BCUT2D eigenvalue weighted by Crippen LogP contribution is 2.48. The standard InChI is InChI=1S/C24H34FN7/c1-24(25)13-20(24)22(27)32-10-8-31(9-11-32)18-5-2-16(3-6-18)14-28-23-19-12-17(26)4-7-21(19)29-15-30-23/h4,7,12,15-16,18,20,27H,2-3,5-6,8-11,13-14,26H2,1H3,(H,28,29,30)/t16-,18-,20?,24?. The summed E-state index contributed by atoms with van der Waals surface area (Å²) in [7, 11) is 0. The summed E-state index contributed by atoms with van der Waals surface area (Å²) < 4.78 is 13.9. The number of halogens is 1. The van der Waals surface area contributed by atoms with Crippen molar-refractivity contribution >= 4 is 28.2 Å². The number of hydrogen-bond donors (Lipinski definition) is 3. The molecule has 2 heterocycles. The van der Waals surface area contributed by atoms with E-state index in [9.17, 15) is 4.39 Å². The molecule has 0 bridgehead atoms. The number of aromatic nitrogens is 2. The van der Waals surface area contributed by atoms with Gasteiger partial charge in [0, 0.05) is 49.8 Å². The molecule has 1 saturated heterocycles. The fraction of sp³-hybridized carbons (Fsp3) is 0.625. The number of rotatable bonds is 5. The number of fused-ring (bicyclic) bond motifs is 1. The summed E-state index contributed by atoms with van der Waals surface area (Å²) in [5.74, 6) is 1.84. The normalized spacial score (nSPS) is 30.9. The van der Waals surface area contributed by atoms with Crippen molar-refractivity contribution in [1.29, 1.82) is 5.41 Å². The maximum Gasteiger partial charge on any atom is 0.137 e. The summed E-state index contributed by atoms with van der Waals surface area (Å²) >= 11 is 0. The molecule has 1 aliphatic heterocycles. The average molecular weight is 440 g/mol. The molecule has 0 amide bonds. The molecule has 0 radical (unpaired) electrons. The van der Waals surface area contributed by atoms with Gasteiger partial charge in [0.05, 0.1) is 11.4 Å². The third-order valence-electron chi connectivity index (χ3n) is 7.70. The van der Waals surface area contributed by atoms with Crippen LogP contribution in [-0.2, 0) is 0 Å². The fourth-order valence-electron chi connectivity index (χ4n) is 5.44. The van der Waals surface area contributed by atoms with Crippen LogP contribution in [0.15, 0.2) is 24.5 Å². The van der Waals surface area contributed by atoms with E-state index in [1.54, 1.807) is 13.3 Å². The average Bonchev–Trinajstić information content (AvgIpc) is 3.45. The van der Waals surface area contributed by atoms with Crippen molar-refractivity contribution in [3.05, 3.63) is 24.5 Å². The molecule has 2 atom stereocenters. The summed E-state index contributed by atoms with van der Waals surface area (Å²) in [6.07, 6.45) is 6.97. The van der Waals surface area contributed by atoms with Crippen LogP contribution in [0.25, 0.3) is 10.9 Å². The molecule has 7 nitrogen and oxygen atoms in total. The van der Waals surface area contributed by atoms with Crippen LogP contribution in [-0.4, -0.2) is 70.0 Å². The minimum Gasteiger partial charge on any atom is -0.399 e. The molecule has 1 aromatic carbocycles. The summed E-state index contributed by atoms with van der Waals surface area (Å²) in [4.78, 5) is 13.5. The Hall–Kier alpha value is -2.48. The van der Waals surface area contributed by atoms with Crippen LogP contribution in [0.3, 0.4) is 0 Å². The van der Waals surface area contributed by atoms with Crippen molar-refractivity contribution in [1.82, 2.24) is 19.8 Å². The Morgan fingerprint density at radius 2 is 1.91 bits per heavy atom. The lowest BCUT2D eigenvalue weighted by molar-refractivity contribution is 0.0948. The van der Waals surface area contributed by atoms with Gasteiger partial charge in [-0.2, -0.15) is 0 Å². The van der Waals surface area contributed by atoms with E-state index in [1.807, 2.05) is 18.2 Å². The molecule has 32 heavy (non-hydrogen) atoms. The molecule has 1 aromatic heterocycles. The van der Waals surface area contributed by atoms with Crippen molar-refractivity contribution in [2.24, 2.45) is 11.8 Å². The van der Waals surface area contributed by atoms with E-state index in [1.165, 1.54) is 25.7 Å². The third-order valence-corrected chi connectivity index (χ3v) is 7.70. The Labute approximate surface area is 189 Å².